The van der Waals surface area contributed by atoms with Gasteiger partial charge in [0, 0.05) is 22.1 Å². The molecule has 0 unspecified atom stereocenters. The maximum atomic E-state index is 14.1. The zero-order chi connectivity index (χ0) is 20.5. The van der Waals surface area contributed by atoms with Gasteiger partial charge in [0.05, 0.1) is 0 Å². The fourth-order valence-corrected chi connectivity index (χ4v) is 3.11. The fourth-order valence-electron chi connectivity index (χ4n) is 3.11. The van der Waals surface area contributed by atoms with Crippen LogP contribution in [0.15, 0.2) is 66.7 Å². The Morgan fingerprint density at radius 3 is 2.03 bits per heavy atom. The summed E-state index contributed by atoms with van der Waals surface area (Å²) in [6, 6.07) is 17.6. The van der Waals surface area contributed by atoms with E-state index in [0.29, 0.717) is 16.7 Å². The van der Waals surface area contributed by atoms with Crippen molar-refractivity contribution in [1.29, 1.82) is 0 Å². The van der Waals surface area contributed by atoms with Crippen LogP contribution in [-0.2, 0) is 0 Å². The highest BCUT2D eigenvalue weighted by Gasteiger charge is 2.13. The van der Waals surface area contributed by atoms with E-state index in [-0.39, 0.29) is 16.6 Å². The minimum atomic E-state index is -1.48. The highest BCUT2D eigenvalue weighted by Crippen LogP contribution is 2.25. The number of hydrogen-bond donors (Lipinski definition) is 0. The van der Waals surface area contributed by atoms with Crippen molar-refractivity contribution in [2.24, 2.45) is 0 Å². The molecule has 4 heteroatoms. The summed E-state index contributed by atoms with van der Waals surface area (Å²) in [6.07, 6.45) is 0. The zero-order valence-corrected chi connectivity index (χ0v) is 15.4. The predicted molar refractivity (Wildman–Crippen MR) is 106 cm³/mol. The molecule has 29 heavy (non-hydrogen) atoms. The van der Waals surface area contributed by atoms with Crippen LogP contribution < -0.4 is 0 Å². The van der Waals surface area contributed by atoms with Crippen molar-refractivity contribution < 1.29 is 17.6 Å². The second-order valence-corrected chi connectivity index (χ2v) is 6.73. The second-order valence-electron chi connectivity index (χ2n) is 6.73. The number of fused-ring (bicyclic) bond motifs is 1. The fraction of sp³-hybridized carbons (Fsp3) is 0.0400. The Labute approximate surface area is 165 Å². The lowest BCUT2D eigenvalue weighted by molar-refractivity contribution is 0.453. The maximum absolute atomic E-state index is 14.1. The highest BCUT2D eigenvalue weighted by atomic mass is 19.2. The van der Waals surface area contributed by atoms with Crippen LogP contribution in [0.1, 0.15) is 16.7 Å². The Hall–Kier alpha value is -3.58. The van der Waals surface area contributed by atoms with Crippen LogP contribution in [0.2, 0.25) is 0 Å². The summed E-state index contributed by atoms with van der Waals surface area (Å²) in [7, 11) is 0. The maximum Gasteiger partial charge on any atom is 0.195 e. The van der Waals surface area contributed by atoms with Gasteiger partial charge in [0.1, 0.15) is 5.82 Å². The van der Waals surface area contributed by atoms with Gasteiger partial charge in [-0.1, -0.05) is 42.2 Å². The van der Waals surface area contributed by atoms with Crippen LogP contribution in [0.25, 0.3) is 21.9 Å². The standard InChI is InChI=1S/C25H14F4/c1-15-2-10-20(22(26)12-15)18-8-5-16(6-9-18)3-4-17-7-11-21-19(13-17)14-23(27)25(29)24(21)28/h2,5-14H,1H3. The Morgan fingerprint density at radius 1 is 0.621 bits per heavy atom. The molecule has 0 radical (unpaired) electrons. The molecule has 4 aromatic carbocycles. The third kappa shape index (κ3) is 3.72. The molecule has 0 fully saturated rings. The molecule has 0 aliphatic heterocycles. The molecule has 0 heterocycles. The number of aryl methyl sites for hydroxylation is 1. The molecular formula is C25H14F4. The van der Waals surface area contributed by atoms with Gasteiger partial charge >= 0.3 is 0 Å². The van der Waals surface area contributed by atoms with Gasteiger partial charge in [-0.3, -0.25) is 0 Å². The second kappa shape index (κ2) is 7.44. The van der Waals surface area contributed by atoms with Gasteiger partial charge in [0.2, 0.25) is 0 Å². The molecule has 0 amide bonds. The smallest absolute Gasteiger partial charge is 0.195 e. The number of halogens is 4. The molecule has 0 spiro atoms. The Kier molecular flexibility index (Phi) is 4.82. The minimum absolute atomic E-state index is 0.000993. The average molecular weight is 390 g/mol. The SMILES string of the molecule is Cc1ccc(-c2ccc(C#Cc3ccc4c(F)c(F)c(F)cc4c3)cc2)c(F)c1. The van der Waals surface area contributed by atoms with Crippen molar-refractivity contribution in [3.05, 3.63) is 107 Å². The topological polar surface area (TPSA) is 0 Å². The van der Waals surface area contributed by atoms with E-state index in [1.807, 2.05) is 13.0 Å². The van der Waals surface area contributed by atoms with Crippen molar-refractivity contribution in [3.8, 4) is 23.0 Å². The van der Waals surface area contributed by atoms with Crippen LogP contribution >= 0.6 is 0 Å². The summed E-state index contributed by atoms with van der Waals surface area (Å²) < 4.78 is 54.7. The molecule has 0 atom stereocenters. The summed E-state index contributed by atoms with van der Waals surface area (Å²) >= 11 is 0. The van der Waals surface area contributed by atoms with Crippen LogP contribution in [0.5, 0.6) is 0 Å². The summed E-state index contributed by atoms with van der Waals surface area (Å²) in [6.45, 7) is 1.83. The van der Waals surface area contributed by atoms with Crippen molar-refractivity contribution in [2.45, 2.75) is 6.92 Å². The van der Waals surface area contributed by atoms with E-state index in [9.17, 15) is 17.6 Å². The lowest BCUT2D eigenvalue weighted by Crippen LogP contribution is -1.92. The predicted octanol–water partition coefficient (Wildman–Crippen LogP) is 6.77. The van der Waals surface area contributed by atoms with Crippen molar-refractivity contribution in [3.63, 3.8) is 0 Å². The molecule has 4 aromatic rings. The van der Waals surface area contributed by atoms with Gasteiger partial charge in [-0.15, -0.1) is 0 Å². The third-order valence-corrected chi connectivity index (χ3v) is 4.64. The first kappa shape index (κ1) is 18.8. The van der Waals surface area contributed by atoms with Crippen molar-refractivity contribution >= 4 is 10.8 Å². The quantitative estimate of drug-likeness (QED) is 0.191. The number of rotatable bonds is 1. The molecule has 0 aromatic heterocycles. The average Bonchev–Trinajstić information content (AvgIpc) is 2.71. The van der Waals surface area contributed by atoms with Gasteiger partial charge in [-0.2, -0.15) is 0 Å². The summed E-state index contributed by atoms with van der Waals surface area (Å²) in [5.74, 6) is 1.67. The molecule has 0 saturated heterocycles. The first-order valence-electron chi connectivity index (χ1n) is 8.88. The highest BCUT2D eigenvalue weighted by molar-refractivity contribution is 5.84. The van der Waals surface area contributed by atoms with Crippen LogP contribution in [-0.4, -0.2) is 0 Å². The summed E-state index contributed by atoms with van der Waals surface area (Å²) in [4.78, 5) is 0. The molecule has 4 rings (SSSR count). The van der Waals surface area contributed by atoms with Gasteiger partial charge in [0.15, 0.2) is 17.5 Å². The largest absolute Gasteiger partial charge is 0.206 e. The van der Waals surface area contributed by atoms with Crippen molar-refractivity contribution in [1.82, 2.24) is 0 Å². The molecule has 142 valence electrons. The van der Waals surface area contributed by atoms with E-state index in [0.717, 1.165) is 17.2 Å². The third-order valence-electron chi connectivity index (χ3n) is 4.64. The van der Waals surface area contributed by atoms with E-state index in [2.05, 4.69) is 11.8 Å². The lowest BCUT2D eigenvalue weighted by atomic mass is 10.0. The van der Waals surface area contributed by atoms with E-state index >= 15 is 0 Å². The first-order valence-corrected chi connectivity index (χ1v) is 8.88. The lowest BCUT2D eigenvalue weighted by Gasteiger charge is -2.04. The molecule has 0 aliphatic carbocycles. The van der Waals surface area contributed by atoms with Crippen molar-refractivity contribution in [2.75, 3.05) is 0 Å². The zero-order valence-electron chi connectivity index (χ0n) is 15.4. The number of hydrogen-bond acceptors (Lipinski definition) is 0. The molecule has 0 N–H and O–H groups in total. The first-order chi connectivity index (χ1) is 13.9. The van der Waals surface area contributed by atoms with Gasteiger partial charge in [0.25, 0.3) is 0 Å². The molecule has 0 saturated carbocycles. The molecule has 0 aliphatic rings. The Morgan fingerprint density at radius 2 is 1.31 bits per heavy atom. The van der Waals surface area contributed by atoms with Gasteiger partial charge in [-0.25, -0.2) is 17.6 Å². The molecule has 0 nitrogen and oxygen atoms in total. The van der Waals surface area contributed by atoms with E-state index in [1.165, 1.54) is 18.2 Å². The minimum Gasteiger partial charge on any atom is -0.206 e. The molecule has 0 bridgehead atoms. The Bertz CT molecular complexity index is 1290. The van der Waals surface area contributed by atoms with E-state index < -0.39 is 17.5 Å². The van der Waals surface area contributed by atoms with Crippen LogP contribution in [0, 0.1) is 42.0 Å². The van der Waals surface area contributed by atoms with E-state index in [4.69, 9.17) is 0 Å². The van der Waals surface area contributed by atoms with Crippen LogP contribution in [0.4, 0.5) is 17.6 Å². The monoisotopic (exact) mass is 390 g/mol. The number of benzene rings is 4. The van der Waals surface area contributed by atoms with E-state index in [1.54, 1.807) is 36.4 Å². The normalized spacial score (nSPS) is 10.7. The summed E-state index contributed by atoms with van der Waals surface area (Å²) in [5, 5.41) is 0.234. The summed E-state index contributed by atoms with van der Waals surface area (Å²) in [5.41, 5.74) is 3.36. The Balaban J connectivity index is 1.63. The van der Waals surface area contributed by atoms with Gasteiger partial charge < -0.3 is 0 Å². The van der Waals surface area contributed by atoms with Crippen LogP contribution in [0.3, 0.4) is 0 Å². The van der Waals surface area contributed by atoms with Gasteiger partial charge in [-0.05, 0) is 59.8 Å². The molecular weight excluding hydrogens is 376 g/mol.